The molecule has 2 aromatic rings. The molecule has 4 nitrogen and oxygen atoms in total. The number of benzene rings is 1. The zero-order chi connectivity index (χ0) is 14.9. The number of aromatic nitrogens is 2. The van der Waals surface area contributed by atoms with E-state index in [1.54, 1.807) is 11.3 Å². The van der Waals surface area contributed by atoms with Crippen molar-refractivity contribution in [1.82, 2.24) is 15.5 Å². The van der Waals surface area contributed by atoms with Crippen molar-refractivity contribution in [2.24, 2.45) is 0 Å². The van der Waals surface area contributed by atoms with Crippen LogP contribution < -0.4 is 10.1 Å². The number of hydrogen-bond acceptors (Lipinski definition) is 5. The number of hydrogen-bond donors (Lipinski definition) is 1. The fraction of sp³-hybridized carbons (Fsp3) is 0.500. The van der Waals surface area contributed by atoms with Gasteiger partial charge in [0, 0.05) is 18.9 Å². The van der Waals surface area contributed by atoms with Crippen LogP contribution in [-0.4, -0.2) is 29.4 Å². The second-order valence-electron chi connectivity index (χ2n) is 5.21. The van der Waals surface area contributed by atoms with Gasteiger partial charge in [-0.15, -0.1) is 21.5 Å². The molecule has 0 aliphatic carbocycles. The average Bonchev–Trinajstić information content (AvgIpc) is 2.92. The second kappa shape index (κ2) is 8.74. The van der Waals surface area contributed by atoms with Gasteiger partial charge in [0.2, 0.25) is 0 Å². The van der Waals surface area contributed by atoms with Crippen LogP contribution >= 0.6 is 11.3 Å². The van der Waals surface area contributed by atoms with Crippen LogP contribution in [0.2, 0.25) is 0 Å². The molecule has 0 atom stereocenters. The van der Waals surface area contributed by atoms with Crippen LogP contribution in [0.25, 0.3) is 0 Å². The van der Waals surface area contributed by atoms with E-state index in [2.05, 4.69) is 29.4 Å². The Hall–Kier alpha value is -1.46. The minimum Gasteiger partial charge on any atom is -0.493 e. The molecule has 1 aromatic heterocycles. The fourth-order valence-corrected chi connectivity index (χ4v) is 2.76. The molecule has 1 N–H and O–H groups in total. The summed E-state index contributed by atoms with van der Waals surface area (Å²) in [6, 6.07) is 10.4. The van der Waals surface area contributed by atoms with Gasteiger partial charge in [-0.1, -0.05) is 32.0 Å². The molecule has 0 aliphatic heterocycles. The summed E-state index contributed by atoms with van der Waals surface area (Å²) in [5, 5.41) is 14.1. The summed E-state index contributed by atoms with van der Waals surface area (Å²) in [4.78, 5) is 0. The molecule has 21 heavy (non-hydrogen) atoms. The number of aryl methyl sites for hydroxylation is 1. The molecule has 0 fully saturated rings. The van der Waals surface area contributed by atoms with Gasteiger partial charge in [0.1, 0.15) is 15.8 Å². The maximum absolute atomic E-state index is 5.67. The Morgan fingerprint density at radius 1 is 1.10 bits per heavy atom. The first-order valence-electron chi connectivity index (χ1n) is 7.46. The second-order valence-corrected chi connectivity index (χ2v) is 6.36. The highest BCUT2D eigenvalue weighted by Crippen LogP contribution is 2.13. The lowest BCUT2D eigenvalue weighted by Gasteiger charge is -2.05. The van der Waals surface area contributed by atoms with E-state index in [-0.39, 0.29) is 0 Å². The van der Waals surface area contributed by atoms with Gasteiger partial charge in [0.25, 0.3) is 0 Å². The van der Waals surface area contributed by atoms with E-state index in [9.17, 15) is 0 Å². The molecule has 0 aliphatic rings. The molecule has 2 rings (SSSR count). The summed E-state index contributed by atoms with van der Waals surface area (Å²) in [7, 11) is 0. The zero-order valence-electron chi connectivity index (χ0n) is 12.7. The van der Waals surface area contributed by atoms with Gasteiger partial charge < -0.3 is 10.1 Å². The Balaban J connectivity index is 1.66. The predicted molar refractivity (Wildman–Crippen MR) is 87.0 cm³/mol. The molecule has 1 aromatic carbocycles. The van der Waals surface area contributed by atoms with Gasteiger partial charge >= 0.3 is 0 Å². The van der Waals surface area contributed by atoms with Gasteiger partial charge in [-0.05, 0) is 25.1 Å². The number of nitrogens with one attached hydrogen (secondary N) is 1. The first-order chi connectivity index (χ1) is 10.2. The molecule has 0 bridgehead atoms. The monoisotopic (exact) mass is 305 g/mol. The predicted octanol–water partition coefficient (Wildman–Crippen LogP) is 3.09. The summed E-state index contributed by atoms with van der Waals surface area (Å²) in [5.74, 6) is 0.905. The molecule has 0 unspecified atom stereocenters. The van der Waals surface area contributed by atoms with Crippen molar-refractivity contribution in [2.75, 3.05) is 13.2 Å². The van der Waals surface area contributed by atoms with Crippen molar-refractivity contribution >= 4 is 11.3 Å². The van der Waals surface area contributed by atoms with E-state index in [1.807, 2.05) is 30.3 Å². The van der Waals surface area contributed by atoms with E-state index < -0.39 is 0 Å². The molecular formula is C16H23N3OS. The van der Waals surface area contributed by atoms with Crippen molar-refractivity contribution in [2.45, 2.75) is 39.2 Å². The van der Waals surface area contributed by atoms with Crippen LogP contribution in [0, 0.1) is 0 Å². The molecule has 114 valence electrons. The van der Waals surface area contributed by atoms with Gasteiger partial charge in [-0.3, -0.25) is 0 Å². The molecule has 0 saturated carbocycles. The van der Waals surface area contributed by atoms with Gasteiger partial charge in [-0.2, -0.15) is 0 Å². The lowest BCUT2D eigenvalue weighted by Crippen LogP contribution is -2.23. The molecule has 0 amide bonds. The van der Waals surface area contributed by atoms with Crippen molar-refractivity contribution in [3.8, 4) is 5.75 Å². The lowest BCUT2D eigenvalue weighted by molar-refractivity contribution is 0.321. The van der Waals surface area contributed by atoms with Crippen LogP contribution in [-0.2, 0) is 12.8 Å². The van der Waals surface area contributed by atoms with Gasteiger partial charge in [0.05, 0.1) is 6.61 Å². The van der Waals surface area contributed by atoms with Crippen LogP contribution in [0.15, 0.2) is 30.3 Å². The van der Waals surface area contributed by atoms with E-state index >= 15 is 0 Å². The third-order valence-electron chi connectivity index (χ3n) is 2.96. The summed E-state index contributed by atoms with van der Waals surface area (Å²) in [6.45, 7) is 6.00. The Morgan fingerprint density at radius 2 is 1.81 bits per heavy atom. The topological polar surface area (TPSA) is 47.0 Å². The molecule has 0 radical (unpaired) electrons. The Kier molecular flexibility index (Phi) is 6.63. The highest BCUT2D eigenvalue weighted by Gasteiger charge is 2.04. The summed E-state index contributed by atoms with van der Waals surface area (Å²) in [5.41, 5.74) is 0. The minimum atomic E-state index is 0.546. The van der Waals surface area contributed by atoms with Crippen molar-refractivity contribution < 1.29 is 4.74 Å². The number of nitrogens with zero attached hydrogens (tertiary/aromatic N) is 2. The highest BCUT2D eigenvalue weighted by molar-refractivity contribution is 7.11. The Morgan fingerprint density at radius 3 is 2.52 bits per heavy atom. The van der Waals surface area contributed by atoms with Gasteiger partial charge in [-0.25, -0.2) is 0 Å². The maximum Gasteiger partial charge on any atom is 0.120 e. The number of para-hydroxylation sites is 1. The Bertz CT molecular complexity index is 513. The van der Waals surface area contributed by atoms with E-state index in [1.165, 1.54) is 0 Å². The highest BCUT2D eigenvalue weighted by atomic mass is 32.1. The van der Waals surface area contributed by atoms with Crippen LogP contribution in [0.5, 0.6) is 5.75 Å². The van der Waals surface area contributed by atoms with Gasteiger partial charge in [0.15, 0.2) is 0 Å². The zero-order valence-corrected chi connectivity index (χ0v) is 13.5. The SMILES string of the molecule is CC(C)NCCCc1nnc(CCOc2ccccc2)s1. The van der Waals surface area contributed by atoms with E-state index in [0.717, 1.165) is 41.6 Å². The number of ether oxygens (including phenoxy) is 1. The quantitative estimate of drug-likeness (QED) is 0.723. The molecule has 0 saturated heterocycles. The van der Waals surface area contributed by atoms with E-state index in [4.69, 9.17) is 4.74 Å². The summed E-state index contributed by atoms with van der Waals surface area (Å²) < 4.78 is 5.67. The average molecular weight is 305 g/mol. The van der Waals surface area contributed by atoms with Crippen molar-refractivity contribution in [3.05, 3.63) is 40.3 Å². The maximum atomic E-state index is 5.67. The lowest BCUT2D eigenvalue weighted by atomic mass is 10.3. The molecule has 5 heteroatoms. The summed E-state index contributed by atoms with van der Waals surface area (Å²) >= 11 is 1.70. The third kappa shape index (κ3) is 6.23. The first kappa shape index (κ1) is 15.9. The fourth-order valence-electron chi connectivity index (χ4n) is 1.89. The largest absolute Gasteiger partial charge is 0.493 e. The molecular weight excluding hydrogens is 282 g/mol. The first-order valence-corrected chi connectivity index (χ1v) is 8.28. The summed E-state index contributed by atoms with van der Waals surface area (Å²) in [6.07, 6.45) is 2.92. The third-order valence-corrected chi connectivity index (χ3v) is 4.00. The smallest absolute Gasteiger partial charge is 0.120 e. The van der Waals surface area contributed by atoms with Crippen LogP contribution in [0.3, 0.4) is 0 Å². The Labute approximate surface area is 130 Å². The number of rotatable bonds is 9. The molecule has 1 heterocycles. The van der Waals surface area contributed by atoms with Crippen molar-refractivity contribution in [1.29, 1.82) is 0 Å². The van der Waals surface area contributed by atoms with Crippen LogP contribution in [0.1, 0.15) is 30.3 Å². The van der Waals surface area contributed by atoms with Crippen molar-refractivity contribution in [3.63, 3.8) is 0 Å². The van der Waals surface area contributed by atoms with Crippen LogP contribution in [0.4, 0.5) is 0 Å². The standard InChI is InChI=1S/C16H23N3OS/c1-13(2)17-11-6-9-15-18-19-16(21-15)10-12-20-14-7-4-3-5-8-14/h3-5,7-8,13,17H,6,9-12H2,1-2H3. The van der Waals surface area contributed by atoms with E-state index in [0.29, 0.717) is 12.6 Å². The molecule has 0 spiro atoms. The normalized spacial score (nSPS) is 11.0. The minimum absolute atomic E-state index is 0.546.